The molecule has 0 saturated heterocycles. The lowest BCUT2D eigenvalue weighted by Gasteiger charge is -2.02. The monoisotopic (exact) mass is 281 g/mol. The summed E-state index contributed by atoms with van der Waals surface area (Å²) < 4.78 is 2.07. The van der Waals surface area contributed by atoms with E-state index < -0.39 is 0 Å². The summed E-state index contributed by atoms with van der Waals surface area (Å²) in [6, 6.07) is 0. The van der Waals surface area contributed by atoms with Crippen molar-refractivity contribution in [3.63, 3.8) is 0 Å². The van der Waals surface area contributed by atoms with Crippen LogP contribution in [0.3, 0.4) is 0 Å². The van der Waals surface area contributed by atoms with Crippen LogP contribution in [0.4, 0.5) is 0 Å². The average molecular weight is 282 g/mol. The molecule has 0 radical (unpaired) electrons. The highest BCUT2D eigenvalue weighted by Gasteiger charge is 2.27. The zero-order valence-electron chi connectivity index (χ0n) is 11.4. The number of halogens is 1. The lowest BCUT2D eigenvalue weighted by Crippen LogP contribution is -2.14. The Morgan fingerprint density at radius 3 is 2.84 bits per heavy atom. The van der Waals surface area contributed by atoms with Gasteiger partial charge in [0, 0.05) is 19.0 Å². The van der Waals surface area contributed by atoms with Gasteiger partial charge in [0.05, 0.1) is 6.33 Å². The number of fused-ring (bicyclic) bond motifs is 1. The molecule has 2 aromatic heterocycles. The largest absolute Gasteiger partial charge is 0.337 e. The molecule has 2 aromatic rings. The van der Waals surface area contributed by atoms with Gasteiger partial charge in [0.15, 0.2) is 11.1 Å². The Labute approximate surface area is 118 Å². The van der Waals surface area contributed by atoms with Gasteiger partial charge in [0.1, 0.15) is 11.3 Å². The summed E-state index contributed by atoms with van der Waals surface area (Å²) in [5, 5.41) is 0. The first-order valence-corrected chi connectivity index (χ1v) is 6.79. The van der Waals surface area contributed by atoms with E-state index in [1.165, 1.54) is 12.8 Å². The smallest absolute Gasteiger partial charge is 0.176 e. The zero-order chi connectivity index (χ0) is 12.5. The molecule has 1 saturated carbocycles. The first-order chi connectivity index (χ1) is 8.83. The van der Waals surface area contributed by atoms with Crippen LogP contribution in [0.1, 0.15) is 44.9 Å². The van der Waals surface area contributed by atoms with Crippen LogP contribution >= 0.6 is 12.4 Å². The molecule has 0 aromatic carbocycles. The van der Waals surface area contributed by atoms with Crippen LogP contribution in [0.15, 0.2) is 11.3 Å². The maximum absolute atomic E-state index is 4.72. The minimum absolute atomic E-state index is 0. The molecule has 0 bridgehead atoms. The van der Waals surface area contributed by atoms with E-state index in [2.05, 4.69) is 33.4 Å². The standard InChI is InChI=1S/C13H19N5.ClH/c1-3-7-14-12-10-13(18(4-2)8-15-12)17-11(16-10)9-5-6-9;/h8-9H,3-7H2,1-2H3,(H,16,17);1H. The van der Waals surface area contributed by atoms with Crippen molar-refractivity contribution >= 4 is 23.6 Å². The van der Waals surface area contributed by atoms with Gasteiger partial charge in [-0.1, -0.05) is 6.92 Å². The SMILES string of the molecule is CCCN=c1ncn(CC)c2nc(C3CC3)[nH]c12.Cl. The third kappa shape index (κ3) is 2.66. The van der Waals surface area contributed by atoms with Crippen LogP contribution in [0.5, 0.6) is 0 Å². The summed E-state index contributed by atoms with van der Waals surface area (Å²) in [4.78, 5) is 17.1. The van der Waals surface area contributed by atoms with E-state index in [-0.39, 0.29) is 12.4 Å². The van der Waals surface area contributed by atoms with Gasteiger partial charge < -0.3 is 9.55 Å². The van der Waals surface area contributed by atoms with Crippen molar-refractivity contribution in [2.75, 3.05) is 6.54 Å². The minimum atomic E-state index is 0. The number of hydrogen-bond acceptors (Lipinski definition) is 3. The Bertz CT molecular complexity index is 623. The molecule has 19 heavy (non-hydrogen) atoms. The molecule has 6 heteroatoms. The van der Waals surface area contributed by atoms with E-state index in [0.717, 1.165) is 42.0 Å². The Morgan fingerprint density at radius 1 is 1.42 bits per heavy atom. The fourth-order valence-electron chi connectivity index (χ4n) is 2.11. The topological polar surface area (TPSA) is 58.9 Å². The molecule has 1 fully saturated rings. The normalized spacial score (nSPS) is 15.8. The number of nitrogens with one attached hydrogen (secondary N) is 1. The van der Waals surface area contributed by atoms with Gasteiger partial charge in [-0.05, 0) is 26.2 Å². The number of hydrogen-bond donors (Lipinski definition) is 1. The maximum Gasteiger partial charge on any atom is 0.176 e. The number of imidazole rings is 1. The third-order valence-corrected chi connectivity index (χ3v) is 3.31. The van der Waals surface area contributed by atoms with E-state index >= 15 is 0 Å². The van der Waals surface area contributed by atoms with Crippen molar-refractivity contribution in [3.8, 4) is 0 Å². The molecule has 5 nitrogen and oxygen atoms in total. The molecule has 1 aliphatic carbocycles. The summed E-state index contributed by atoms with van der Waals surface area (Å²) in [6.45, 7) is 5.93. The molecule has 0 amide bonds. The summed E-state index contributed by atoms with van der Waals surface area (Å²) in [5.74, 6) is 1.73. The second-order valence-electron chi connectivity index (χ2n) is 4.83. The van der Waals surface area contributed by atoms with Crippen LogP contribution in [0.25, 0.3) is 11.2 Å². The first-order valence-electron chi connectivity index (χ1n) is 6.79. The minimum Gasteiger partial charge on any atom is -0.337 e. The van der Waals surface area contributed by atoms with E-state index in [0.29, 0.717) is 5.92 Å². The highest BCUT2D eigenvalue weighted by Crippen LogP contribution is 2.38. The quantitative estimate of drug-likeness (QED) is 0.935. The Kier molecular flexibility index (Phi) is 4.24. The van der Waals surface area contributed by atoms with Crippen LogP contribution in [-0.2, 0) is 6.54 Å². The number of nitrogens with zero attached hydrogens (tertiary/aromatic N) is 4. The lowest BCUT2D eigenvalue weighted by atomic mass is 10.4. The van der Waals surface area contributed by atoms with Crippen molar-refractivity contribution in [1.82, 2.24) is 19.5 Å². The van der Waals surface area contributed by atoms with Gasteiger partial charge in [-0.25, -0.2) is 9.97 Å². The second-order valence-corrected chi connectivity index (χ2v) is 4.83. The van der Waals surface area contributed by atoms with Crippen LogP contribution in [0.2, 0.25) is 0 Å². The summed E-state index contributed by atoms with van der Waals surface area (Å²) in [6.07, 6.45) is 5.38. The fourth-order valence-corrected chi connectivity index (χ4v) is 2.11. The van der Waals surface area contributed by atoms with Crippen molar-refractivity contribution in [2.24, 2.45) is 4.99 Å². The highest BCUT2D eigenvalue weighted by molar-refractivity contribution is 5.85. The molecule has 0 aliphatic heterocycles. The van der Waals surface area contributed by atoms with E-state index in [9.17, 15) is 0 Å². The Morgan fingerprint density at radius 2 is 2.21 bits per heavy atom. The number of rotatable bonds is 4. The average Bonchev–Trinajstić information content (AvgIpc) is 3.15. The third-order valence-electron chi connectivity index (χ3n) is 3.31. The van der Waals surface area contributed by atoms with Gasteiger partial charge in [-0.2, -0.15) is 0 Å². The fraction of sp³-hybridized carbons (Fsp3) is 0.615. The summed E-state index contributed by atoms with van der Waals surface area (Å²) in [7, 11) is 0. The molecule has 0 unspecified atom stereocenters. The van der Waals surface area contributed by atoms with Crippen molar-refractivity contribution in [2.45, 2.75) is 45.6 Å². The molecular weight excluding hydrogens is 262 g/mol. The predicted octanol–water partition coefficient (Wildman–Crippen LogP) is 2.39. The number of aromatic amines is 1. The molecule has 0 spiro atoms. The van der Waals surface area contributed by atoms with E-state index in [1.54, 1.807) is 0 Å². The van der Waals surface area contributed by atoms with Gasteiger partial charge >= 0.3 is 0 Å². The molecule has 2 heterocycles. The number of aromatic nitrogens is 4. The van der Waals surface area contributed by atoms with Crippen molar-refractivity contribution < 1.29 is 0 Å². The van der Waals surface area contributed by atoms with Crippen LogP contribution in [-0.4, -0.2) is 26.1 Å². The van der Waals surface area contributed by atoms with Gasteiger partial charge in [-0.3, -0.25) is 4.99 Å². The molecule has 1 N–H and O–H groups in total. The van der Waals surface area contributed by atoms with E-state index in [1.807, 2.05) is 6.33 Å². The molecule has 104 valence electrons. The van der Waals surface area contributed by atoms with Gasteiger partial charge in [-0.15, -0.1) is 12.4 Å². The number of H-pyrrole nitrogens is 1. The number of aryl methyl sites for hydroxylation is 1. The summed E-state index contributed by atoms with van der Waals surface area (Å²) >= 11 is 0. The van der Waals surface area contributed by atoms with Crippen molar-refractivity contribution in [1.29, 1.82) is 0 Å². The summed E-state index contributed by atoms with van der Waals surface area (Å²) in [5.41, 5.74) is 2.79. The maximum atomic E-state index is 4.72. The van der Waals surface area contributed by atoms with Crippen molar-refractivity contribution in [3.05, 3.63) is 17.6 Å². The molecule has 1 aliphatic rings. The second kappa shape index (κ2) is 5.74. The molecule has 0 atom stereocenters. The van der Waals surface area contributed by atoms with Crippen LogP contribution in [0, 0.1) is 0 Å². The van der Waals surface area contributed by atoms with Gasteiger partial charge in [0.2, 0.25) is 0 Å². The van der Waals surface area contributed by atoms with Gasteiger partial charge in [0.25, 0.3) is 0 Å². The zero-order valence-corrected chi connectivity index (χ0v) is 12.2. The molecule has 3 rings (SSSR count). The first kappa shape index (κ1) is 14.1. The Balaban J connectivity index is 0.00000133. The Hall–Kier alpha value is -1.36. The molecular formula is C13H20ClN5. The lowest BCUT2D eigenvalue weighted by molar-refractivity contribution is 0.749. The predicted molar refractivity (Wildman–Crippen MR) is 77.5 cm³/mol. The highest BCUT2D eigenvalue weighted by atomic mass is 35.5. The van der Waals surface area contributed by atoms with E-state index in [4.69, 9.17) is 4.98 Å². The van der Waals surface area contributed by atoms with Crippen LogP contribution < -0.4 is 5.49 Å².